The molecule has 0 spiro atoms. The normalized spacial score (nSPS) is 16.7. The number of hydrogen-bond acceptors (Lipinski definition) is 4. The SMILES string of the molecule is CN=C(NCc1cn2ccsc2n1)NCC1CC(=O)N(CCc2ccccc2)C1.I. The number of guanidine groups is 1. The van der Waals surface area contributed by atoms with Gasteiger partial charge in [-0.3, -0.25) is 14.2 Å². The molecule has 1 saturated heterocycles. The lowest BCUT2D eigenvalue weighted by atomic mass is 10.1. The number of benzene rings is 1. The van der Waals surface area contributed by atoms with Gasteiger partial charge in [0.25, 0.3) is 0 Å². The van der Waals surface area contributed by atoms with Gasteiger partial charge in [0.2, 0.25) is 5.91 Å². The van der Waals surface area contributed by atoms with Gasteiger partial charge in [-0.05, 0) is 12.0 Å². The predicted molar refractivity (Wildman–Crippen MR) is 132 cm³/mol. The Bertz CT molecular complexity index is 957. The van der Waals surface area contributed by atoms with Crippen LogP contribution >= 0.6 is 35.3 Å². The van der Waals surface area contributed by atoms with Crippen LogP contribution in [0.2, 0.25) is 0 Å². The number of likely N-dealkylation sites (tertiary alicyclic amines) is 1. The summed E-state index contributed by atoms with van der Waals surface area (Å²) in [7, 11) is 1.76. The average molecular weight is 538 g/mol. The molecule has 1 atom stereocenters. The molecule has 1 aromatic carbocycles. The number of amides is 1. The number of imidazole rings is 1. The van der Waals surface area contributed by atoms with Crippen molar-refractivity contribution in [3.05, 3.63) is 59.4 Å². The van der Waals surface area contributed by atoms with E-state index in [1.165, 1.54) is 5.56 Å². The molecular formula is C21H27IN6OS. The first-order valence-electron chi connectivity index (χ1n) is 9.88. The lowest BCUT2D eigenvalue weighted by Crippen LogP contribution is -2.40. The highest BCUT2D eigenvalue weighted by Crippen LogP contribution is 2.17. The van der Waals surface area contributed by atoms with E-state index in [0.29, 0.717) is 18.9 Å². The van der Waals surface area contributed by atoms with Gasteiger partial charge in [-0.15, -0.1) is 35.3 Å². The monoisotopic (exact) mass is 538 g/mol. The van der Waals surface area contributed by atoms with E-state index in [1.807, 2.05) is 45.3 Å². The van der Waals surface area contributed by atoms with Crippen molar-refractivity contribution in [2.75, 3.05) is 26.7 Å². The molecule has 2 aromatic heterocycles. The Morgan fingerprint density at radius 1 is 1.30 bits per heavy atom. The molecule has 9 heteroatoms. The van der Waals surface area contributed by atoms with E-state index in [-0.39, 0.29) is 29.9 Å². The fourth-order valence-electron chi connectivity index (χ4n) is 3.61. The third-order valence-corrected chi connectivity index (χ3v) is 5.94. The molecule has 2 N–H and O–H groups in total. The first-order valence-corrected chi connectivity index (χ1v) is 10.8. The zero-order chi connectivity index (χ0) is 20.1. The molecule has 1 fully saturated rings. The fourth-order valence-corrected chi connectivity index (χ4v) is 4.33. The average Bonchev–Trinajstić information content (AvgIpc) is 3.42. The van der Waals surface area contributed by atoms with Gasteiger partial charge in [0.1, 0.15) is 0 Å². The number of fused-ring (bicyclic) bond motifs is 1. The van der Waals surface area contributed by atoms with E-state index in [9.17, 15) is 4.79 Å². The van der Waals surface area contributed by atoms with Crippen molar-refractivity contribution >= 4 is 52.1 Å². The van der Waals surface area contributed by atoms with E-state index in [2.05, 4.69) is 32.7 Å². The summed E-state index contributed by atoms with van der Waals surface area (Å²) in [5.74, 6) is 1.28. The maximum Gasteiger partial charge on any atom is 0.223 e. The van der Waals surface area contributed by atoms with Gasteiger partial charge >= 0.3 is 0 Å². The van der Waals surface area contributed by atoms with Gasteiger partial charge in [0.05, 0.1) is 12.2 Å². The molecule has 1 aliphatic rings. The number of nitrogens with one attached hydrogen (secondary N) is 2. The summed E-state index contributed by atoms with van der Waals surface area (Å²) >= 11 is 1.62. The minimum Gasteiger partial charge on any atom is -0.356 e. The molecule has 0 radical (unpaired) electrons. The smallest absolute Gasteiger partial charge is 0.223 e. The van der Waals surface area contributed by atoms with E-state index >= 15 is 0 Å². The Kier molecular flexibility index (Phi) is 8.08. The quantitative estimate of drug-likeness (QED) is 0.276. The largest absolute Gasteiger partial charge is 0.356 e. The molecule has 160 valence electrons. The van der Waals surface area contributed by atoms with E-state index in [4.69, 9.17) is 0 Å². The minimum atomic E-state index is 0. The molecule has 1 aliphatic heterocycles. The third-order valence-electron chi connectivity index (χ3n) is 5.17. The number of rotatable bonds is 7. The number of carbonyl (C=O) groups excluding carboxylic acids is 1. The second-order valence-corrected chi connectivity index (χ2v) is 8.15. The topological polar surface area (TPSA) is 74.0 Å². The summed E-state index contributed by atoms with van der Waals surface area (Å²) < 4.78 is 2.02. The molecule has 1 unspecified atom stereocenters. The van der Waals surface area contributed by atoms with Crippen molar-refractivity contribution in [2.24, 2.45) is 10.9 Å². The van der Waals surface area contributed by atoms with Gasteiger partial charge < -0.3 is 15.5 Å². The summed E-state index contributed by atoms with van der Waals surface area (Å²) in [4.78, 5) is 24.2. The summed E-state index contributed by atoms with van der Waals surface area (Å²) in [5.41, 5.74) is 2.24. The number of aromatic nitrogens is 2. The summed E-state index contributed by atoms with van der Waals surface area (Å²) in [6, 6.07) is 10.3. The number of aliphatic imine (C=N–C) groups is 1. The summed E-state index contributed by atoms with van der Waals surface area (Å²) in [5, 5.41) is 8.67. The molecule has 0 bridgehead atoms. The van der Waals surface area contributed by atoms with Crippen molar-refractivity contribution in [1.29, 1.82) is 0 Å². The summed E-state index contributed by atoms with van der Waals surface area (Å²) in [6.07, 6.45) is 5.52. The molecule has 30 heavy (non-hydrogen) atoms. The Morgan fingerprint density at radius 2 is 2.13 bits per heavy atom. The number of thiazole rings is 1. The van der Waals surface area contributed by atoms with Gasteiger partial charge in [-0.1, -0.05) is 30.3 Å². The van der Waals surface area contributed by atoms with Crippen LogP contribution in [-0.2, 0) is 17.8 Å². The molecule has 4 rings (SSSR count). The maximum absolute atomic E-state index is 12.3. The first-order chi connectivity index (χ1) is 14.2. The summed E-state index contributed by atoms with van der Waals surface area (Å²) in [6.45, 7) is 2.92. The Morgan fingerprint density at radius 3 is 2.90 bits per heavy atom. The molecule has 3 aromatic rings. The Balaban J connectivity index is 0.00000256. The number of carbonyl (C=O) groups is 1. The van der Waals surface area contributed by atoms with Gasteiger partial charge in [0, 0.05) is 56.8 Å². The number of hydrogen-bond donors (Lipinski definition) is 2. The van der Waals surface area contributed by atoms with E-state index in [0.717, 1.165) is 42.7 Å². The molecule has 7 nitrogen and oxygen atoms in total. The van der Waals surface area contributed by atoms with Crippen molar-refractivity contribution in [2.45, 2.75) is 19.4 Å². The second-order valence-electron chi connectivity index (χ2n) is 7.28. The molecule has 0 aliphatic carbocycles. The fraction of sp³-hybridized carbons (Fsp3) is 0.381. The standard InChI is InChI=1S/C21H26N6OS.HI/c1-22-20(24-13-18-15-27-9-10-29-21(27)25-18)23-12-17-11-19(28)26(14-17)8-7-16-5-3-2-4-6-16;/h2-6,9-10,15,17H,7-8,11-14H2,1H3,(H2,22,23,24);1H. The van der Waals surface area contributed by atoms with Gasteiger partial charge in [-0.2, -0.15) is 0 Å². The predicted octanol–water partition coefficient (Wildman–Crippen LogP) is 2.77. The van der Waals surface area contributed by atoms with Crippen LogP contribution in [0.1, 0.15) is 17.7 Å². The van der Waals surface area contributed by atoms with Crippen LogP contribution in [-0.4, -0.2) is 52.8 Å². The molecule has 3 heterocycles. The molecule has 0 saturated carbocycles. The third kappa shape index (κ3) is 5.72. The highest BCUT2D eigenvalue weighted by atomic mass is 127. The Hall–Kier alpha value is -2.14. The van der Waals surface area contributed by atoms with Gasteiger partial charge in [-0.25, -0.2) is 4.98 Å². The van der Waals surface area contributed by atoms with Crippen LogP contribution in [0.15, 0.2) is 53.1 Å². The van der Waals surface area contributed by atoms with Crippen LogP contribution in [0.5, 0.6) is 0 Å². The van der Waals surface area contributed by atoms with Crippen molar-refractivity contribution in [1.82, 2.24) is 24.9 Å². The van der Waals surface area contributed by atoms with Crippen LogP contribution in [0, 0.1) is 5.92 Å². The molecular weight excluding hydrogens is 511 g/mol. The molecule has 1 amide bonds. The highest BCUT2D eigenvalue weighted by Gasteiger charge is 2.29. The van der Waals surface area contributed by atoms with Crippen LogP contribution in [0.4, 0.5) is 0 Å². The minimum absolute atomic E-state index is 0. The van der Waals surface area contributed by atoms with E-state index < -0.39 is 0 Å². The van der Waals surface area contributed by atoms with Crippen molar-refractivity contribution < 1.29 is 4.79 Å². The van der Waals surface area contributed by atoms with Crippen LogP contribution in [0.3, 0.4) is 0 Å². The first kappa shape index (κ1) is 22.5. The van der Waals surface area contributed by atoms with Crippen LogP contribution in [0.25, 0.3) is 4.96 Å². The number of halogens is 1. The number of nitrogens with zero attached hydrogens (tertiary/aromatic N) is 4. The lowest BCUT2D eigenvalue weighted by molar-refractivity contribution is -0.127. The van der Waals surface area contributed by atoms with Crippen molar-refractivity contribution in [3.63, 3.8) is 0 Å². The highest BCUT2D eigenvalue weighted by molar-refractivity contribution is 14.0. The van der Waals surface area contributed by atoms with E-state index in [1.54, 1.807) is 18.4 Å². The Labute approximate surface area is 197 Å². The van der Waals surface area contributed by atoms with Gasteiger partial charge in [0.15, 0.2) is 10.9 Å². The zero-order valence-corrected chi connectivity index (χ0v) is 20.1. The zero-order valence-electron chi connectivity index (χ0n) is 17.0. The second kappa shape index (κ2) is 10.8. The van der Waals surface area contributed by atoms with Crippen molar-refractivity contribution in [3.8, 4) is 0 Å². The lowest BCUT2D eigenvalue weighted by Gasteiger charge is -2.17. The van der Waals surface area contributed by atoms with Crippen LogP contribution < -0.4 is 10.6 Å². The maximum atomic E-state index is 12.3.